The van der Waals surface area contributed by atoms with Crippen molar-refractivity contribution in [2.45, 2.75) is 124 Å². The minimum absolute atomic E-state index is 0.0372. The molecule has 4 nitrogen and oxygen atoms in total. The van der Waals surface area contributed by atoms with Gasteiger partial charge < -0.3 is 14.6 Å². The predicted molar refractivity (Wildman–Crippen MR) is 131 cm³/mol. The number of aliphatic hydroxyl groups excluding tert-OH is 1. The van der Waals surface area contributed by atoms with Crippen molar-refractivity contribution in [1.29, 1.82) is 0 Å². The SMILES string of the molecule is CC1(C)CC[C@@]23CC[C@]4(C)[C@@](CC[C@@H]5[C@@]6(C)CC[C@H](O)[C@@](C)(C=O)[C@H]6CC[C@]54C)(OC2=O)[C@@H]3C1. The molecular formula is C30H46O4. The Morgan fingerprint density at radius 2 is 1.50 bits per heavy atom. The van der Waals surface area contributed by atoms with Crippen LogP contribution in [-0.2, 0) is 14.3 Å². The zero-order valence-corrected chi connectivity index (χ0v) is 22.3. The van der Waals surface area contributed by atoms with E-state index in [0.29, 0.717) is 18.3 Å². The Labute approximate surface area is 206 Å². The third-order valence-electron chi connectivity index (χ3n) is 14.0. The fourth-order valence-corrected chi connectivity index (χ4v) is 11.7. The summed E-state index contributed by atoms with van der Waals surface area (Å²) in [5.74, 6) is 1.17. The van der Waals surface area contributed by atoms with Crippen molar-refractivity contribution in [3.8, 4) is 0 Å². The van der Waals surface area contributed by atoms with Crippen LogP contribution in [-0.4, -0.2) is 29.1 Å². The Bertz CT molecular complexity index is 942. The number of aliphatic hydroxyl groups is 1. The Kier molecular flexibility index (Phi) is 4.49. The van der Waals surface area contributed by atoms with Gasteiger partial charge in [-0.3, -0.25) is 4.79 Å². The van der Waals surface area contributed by atoms with Gasteiger partial charge in [0.05, 0.1) is 16.9 Å². The zero-order chi connectivity index (χ0) is 24.6. The lowest BCUT2D eigenvalue weighted by Crippen LogP contribution is -2.72. The molecule has 5 aliphatic carbocycles. The van der Waals surface area contributed by atoms with Crippen LogP contribution < -0.4 is 0 Å². The first-order chi connectivity index (χ1) is 15.7. The van der Waals surface area contributed by atoms with Crippen molar-refractivity contribution < 1.29 is 19.4 Å². The molecule has 1 saturated heterocycles. The highest BCUT2D eigenvalue weighted by Gasteiger charge is 2.81. The lowest BCUT2D eigenvalue weighted by atomic mass is 9.31. The summed E-state index contributed by atoms with van der Waals surface area (Å²) in [4.78, 5) is 26.0. The van der Waals surface area contributed by atoms with Crippen LogP contribution in [0.15, 0.2) is 0 Å². The van der Waals surface area contributed by atoms with Crippen LogP contribution in [0.1, 0.15) is 112 Å². The van der Waals surface area contributed by atoms with Gasteiger partial charge in [-0.1, -0.05) is 41.5 Å². The Morgan fingerprint density at radius 3 is 2.21 bits per heavy atom. The average molecular weight is 471 g/mol. The zero-order valence-electron chi connectivity index (χ0n) is 22.3. The molecule has 0 radical (unpaired) electrons. The van der Waals surface area contributed by atoms with Gasteiger partial charge in [0.15, 0.2) is 0 Å². The number of aldehydes is 1. The largest absolute Gasteiger partial charge is 0.458 e. The van der Waals surface area contributed by atoms with Gasteiger partial charge in [-0.25, -0.2) is 0 Å². The van der Waals surface area contributed by atoms with E-state index in [9.17, 15) is 14.7 Å². The van der Waals surface area contributed by atoms with E-state index in [1.165, 1.54) is 0 Å². The second kappa shape index (κ2) is 6.50. The van der Waals surface area contributed by atoms with Crippen LogP contribution in [0.5, 0.6) is 0 Å². The number of hydrogen-bond donors (Lipinski definition) is 1. The molecule has 2 bridgehead atoms. The molecule has 10 atom stereocenters. The number of ether oxygens (including phenoxy) is 1. The number of carbonyl (C=O) groups excluding carboxylic acids is 2. The number of fused-ring (bicyclic) bond motifs is 4. The van der Waals surface area contributed by atoms with E-state index in [1.54, 1.807) is 0 Å². The molecule has 0 unspecified atom stereocenters. The van der Waals surface area contributed by atoms with Crippen molar-refractivity contribution in [1.82, 2.24) is 0 Å². The smallest absolute Gasteiger partial charge is 0.313 e. The second-order valence-electron chi connectivity index (χ2n) is 15.3. The van der Waals surface area contributed by atoms with E-state index in [0.717, 1.165) is 70.5 Å². The summed E-state index contributed by atoms with van der Waals surface area (Å²) >= 11 is 0. The van der Waals surface area contributed by atoms with E-state index >= 15 is 0 Å². The molecule has 1 N–H and O–H groups in total. The maximum absolute atomic E-state index is 13.6. The van der Waals surface area contributed by atoms with Gasteiger partial charge in [0, 0.05) is 11.3 Å². The molecule has 0 aromatic heterocycles. The van der Waals surface area contributed by atoms with Crippen LogP contribution in [0.2, 0.25) is 0 Å². The van der Waals surface area contributed by atoms with E-state index in [2.05, 4.69) is 34.6 Å². The second-order valence-corrected chi connectivity index (χ2v) is 15.3. The summed E-state index contributed by atoms with van der Waals surface area (Å²) < 4.78 is 6.74. The first-order valence-electron chi connectivity index (χ1n) is 14.1. The minimum atomic E-state index is -0.653. The van der Waals surface area contributed by atoms with E-state index in [1.807, 2.05) is 6.92 Å². The molecule has 6 rings (SSSR count). The lowest BCUT2D eigenvalue weighted by Gasteiger charge is -2.73. The first-order valence-corrected chi connectivity index (χ1v) is 14.1. The number of rotatable bonds is 1. The Balaban J connectivity index is 1.45. The summed E-state index contributed by atoms with van der Waals surface area (Å²) in [5, 5.41) is 10.9. The van der Waals surface area contributed by atoms with Crippen LogP contribution in [0.4, 0.5) is 0 Å². The molecule has 34 heavy (non-hydrogen) atoms. The molecule has 1 aliphatic heterocycles. The summed E-state index contributed by atoms with van der Waals surface area (Å²) in [6.07, 6.45) is 11.6. The molecule has 5 saturated carbocycles. The van der Waals surface area contributed by atoms with Gasteiger partial charge in [-0.05, 0) is 98.7 Å². The molecule has 4 heteroatoms. The fraction of sp³-hybridized carbons (Fsp3) is 0.933. The predicted octanol–water partition coefficient (Wildman–Crippen LogP) is 6.09. The molecule has 6 aliphatic rings. The Hall–Kier alpha value is -0.900. The van der Waals surface area contributed by atoms with Crippen LogP contribution in [0.25, 0.3) is 0 Å². The van der Waals surface area contributed by atoms with Crippen LogP contribution in [0.3, 0.4) is 0 Å². The van der Waals surface area contributed by atoms with Crippen molar-refractivity contribution in [2.75, 3.05) is 0 Å². The number of esters is 1. The van der Waals surface area contributed by atoms with Crippen molar-refractivity contribution in [2.24, 2.45) is 50.2 Å². The molecule has 1 heterocycles. The maximum Gasteiger partial charge on any atom is 0.313 e. The van der Waals surface area contributed by atoms with Gasteiger partial charge in [-0.2, -0.15) is 0 Å². The molecule has 0 aromatic rings. The van der Waals surface area contributed by atoms with Crippen LogP contribution >= 0.6 is 0 Å². The quantitative estimate of drug-likeness (QED) is 0.372. The van der Waals surface area contributed by atoms with Crippen molar-refractivity contribution in [3.05, 3.63) is 0 Å². The third kappa shape index (κ3) is 2.32. The van der Waals surface area contributed by atoms with Gasteiger partial charge in [0.1, 0.15) is 11.9 Å². The van der Waals surface area contributed by atoms with E-state index < -0.39 is 11.5 Å². The fourth-order valence-electron chi connectivity index (χ4n) is 11.7. The summed E-state index contributed by atoms with van der Waals surface area (Å²) in [7, 11) is 0. The summed E-state index contributed by atoms with van der Waals surface area (Å²) in [6.45, 7) is 14.2. The summed E-state index contributed by atoms with van der Waals surface area (Å²) in [6, 6.07) is 0. The van der Waals surface area contributed by atoms with Crippen LogP contribution in [0, 0.1) is 50.2 Å². The molecule has 0 aromatic carbocycles. The topological polar surface area (TPSA) is 63.6 Å². The average Bonchev–Trinajstić information content (AvgIpc) is 2.95. The minimum Gasteiger partial charge on any atom is -0.458 e. The molecular weight excluding hydrogens is 424 g/mol. The standard InChI is InChI=1S/C30H46O4/c1-24(2)13-15-29-16-14-28(6)27(5)11-7-19-25(3,10-9-22(32)26(19,4)18-31)20(27)8-12-30(28,21(29)17-24)34-23(29)33/h18-22,32H,7-17H2,1-6H3/t19-,20+,21+,22-,25-,26-,27+,28-,29-,30-/m0/s1. The highest BCUT2D eigenvalue weighted by molar-refractivity contribution is 5.81. The first kappa shape index (κ1) is 23.5. The maximum atomic E-state index is 13.6. The van der Waals surface area contributed by atoms with Gasteiger partial charge in [0.2, 0.25) is 0 Å². The highest BCUT2D eigenvalue weighted by Crippen LogP contribution is 2.80. The van der Waals surface area contributed by atoms with Crippen molar-refractivity contribution in [3.63, 3.8) is 0 Å². The van der Waals surface area contributed by atoms with Gasteiger partial charge in [0.25, 0.3) is 0 Å². The molecule has 6 fully saturated rings. The molecule has 1 spiro atoms. The number of carbonyl (C=O) groups is 2. The third-order valence-corrected chi connectivity index (χ3v) is 14.0. The molecule has 190 valence electrons. The monoisotopic (exact) mass is 470 g/mol. The van der Waals surface area contributed by atoms with E-state index in [-0.39, 0.29) is 44.6 Å². The van der Waals surface area contributed by atoms with Gasteiger partial charge in [-0.15, -0.1) is 0 Å². The highest BCUT2D eigenvalue weighted by atomic mass is 16.6. The van der Waals surface area contributed by atoms with Crippen molar-refractivity contribution >= 4 is 12.3 Å². The Morgan fingerprint density at radius 1 is 0.824 bits per heavy atom. The van der Waals surface area contributed by atoms with Gasteiger partial charge >= 0.3 is 5.97 Å². The molecule has 0 amide bonds. The normalized spacial score (nSPS) is 59.7. The van der Waals surface area contributed by atoms with E-state index in [4.69, 9.17) is 4.74 Å². The number of hydrogen-bond acceptors (Lipinski definition) is 4. The summed E-state index contributed by atoms with van der Waals surface area (Å²) in [5.41, 5.74) is -0.908. The lowest BCUT2D eigenvalue weighted by molar-refractivity contribution is -0.284.